The second kappa shape index (κ2) is 4.54. The van der Waals surface area contributed by atoms with E-state index in [9.17, 15) is 4.79 Å². The van der Waals surface area contributed by atoms with Crippen LogP contribution >= 0.6 is 11.6 Å². The van der Waals surface area contributed by atoms with Crippen LogP contribution in [0.2, 0.25) is 0 Å². The molecule has 0 saturated heterocycles. The van der Waals surface area contributed by atoms with Crippen molar-refractivity contribution in [1.82, 2.24) is 0 Å². The number of rotatable bonds is 3. The van der Waals surface area contributed by atoms with Gasteiger partial charge in [0.2, 0.25) is 0 Å². The highest BCUT2D eigenvalue weighted by Gasteiger charge is 2.21. The van der Waals surface area contributed by atoms with Crippen LogP contribution in [0.3, 0.4) is 0 Å². The standard InChI is InChI=1S/C13H11ClO2/c1-9-11(7-8-16-9)13(15)12(14)10-5-3-2-4-6-10/h2-8,12H,1H3. The third kappa shape index (κ3) is 2.02. The number of Topliss-reactive ketones (excluding diaryl/α,β-unsaturated/α-hetero) is 1. The van der Waals surface area contributed by atoms with Gasteiger partial charge in [0.1, 0.15) is 11.1 Å². The molecule has 2 nitrogen and oxygen atoms in total. The summed E-state index contributed by atoms with van der Waals surface area (Å²) in [6.07, 6.45) is 1.50. The first-order chi connectivity index (χ1) is 7.70. The van der Waals surface area contributed by atoms with Crippen LogP contribution in [0.1, 0.15) is 27.1 Å². The number of hydrogen-bond donors (Lipinski definition) is 0. The molecule has 1 unspecified atom stereocenters. The van der Waals surface area contributed by atoms with Crippen molar-refractivity contribution in [1.29, 1.82) is 0 Å². The number of halogens is 1. The van der Waals surface area contributed by atoms with Crippen LogP contribution in [0, 0.1) is 6.92 Å². The Morgan fingerprint density at radius 1 is 1.25 bits per heavy atom. The van der Waals surface area contributed by atoms with E-state index >= 15 is 0 Å². The monoisotopic (exact) mass is 234 g/mol. The van der Waals surface area contributed by atoms with Gasteiger partial charge in [-0.05, 0) is 18.6 Å². The van der Waals surface area contributed by atoms with Gasteiger partial charge in [-0.15, -0.1) is 11.6 Å². The van der Waals surface area contributed by atoms with Crippen molar-refractivity contribution in [2.45, 2.75) is 12.3 Å². The lowest BCUT2D eigenvalue weighted by atomic mass is 10.0. The van der Waals surface area contributed by atoms with Crippen LogP contribution < -0.4 is 0 Å². The molecule has 0 aliphatic rings. The summed E-state index contributed by atoms with van der Waals surface area (Å²) in [4.78, 5) is 12.0. The quantitative estimate of drug-likeness (QED) is 0.598. The van der Waals surface area contributed by atoms with Gasteiger partial charge in [-0.3, -0.25) is 4.79 Å². The molecular formula is C13H11ClO2. The Morgan fingerprint density at radius 2 is 1.94 bits per heavy atom. The molecule has 2 aromatic rings. The van der Waals surface area contributed by atoms with Gasteiger partial charge in [0.25, 0.3) is 0 Å². The highest BCUT2D eigenvalue weighted by molar-refractivity contribution is 6.34. The summed E-state index contributed by atoms with van der Waals surface area (Å²) in [5.41, 5.74) is 1.35. The highest BCUT2D eigenvalue weighted by atomic mass is 35.5. The van der Waals surface area contributed by atoms with Crippen LogP contribution in [-0.2, 0) is 0 Å². The number of aryl methyl sites for hydroxylation is 1. The number of alkyl halides is 1. The molecule has 0 radical (unpaired) electrons. The van der Waals surface area contributed by atoms with Crippen LogP contribution in [0.15, 0.2) is 47.1 Å². The van der Waals surface area contributed by atoms with Crippen LogP contribution in [-0.4, -0.2) is 5.78 Å². The molecule has 0 spiro atoms. The first-order valence-corrected chi connectivity index (χ1v) is 5.41. The lowest BCUT2D eigenvalue weighted by Crippen LogP contribution is -2.07. The predicted molar refractivity (Wildman–Crippen MR) is 62.8 cm³/mol. The summed E-state index contributed by atoms with van der Waals surface area (Å²) in [6, 6.07) is 10.9. The maximum absolute atomic E-state index is 12.0. The molecule has 1 atom stereocenters. The normalized spacial score (nSPS) is 12.4. The van der Waals surface area contributed by atoms with E-state index in [1.54, 1.807) is 13.0 Å². The van der Waals surface area contributed by atoms with Gasteiger partial charge in [0.05, 0.1) is 11.8 Å². The SMILES string of the molecule is Cc1occc1C(=O)C(Cl)c1ccccc1. The first-order valence-electron chi connectivity index (χ1n) is 4.97. The average molecular weight is 235 g/mol. The van der Waals surface area contributed by atoms with Gasteiger partial charge >= 0.3 is 0 Å². The Balaban J connectivity index is 2.27. The molecule has 3 heteroatoms. The van der Waals surface area contributed by atoms with Crippen molar-refractivity contribution in [2.75, 3.05) is 0 Å². The molecular weight excluding hydrogens is 224 g/mol. The van der Waals surface area contributed by atoms with Gasteiger partial charge in [0, 0.05) is 0 Å². The second-order valence-corrected chi connectivity index (χ2v) is 3.96. The van der Waals surface area contributed by atoms with E-state index in [-0.39, 0.29) is 5.78 Å². The fourth-order valence-corrected chi connectivity index (χ4v) is 1.81. The number of benzene rings is 1. The predicted octanol–water partition coefficient (Wildman–Crippen LogP) is 3.75. The molecule has 0 amide bonds. The molecule has 1 aromatic heterocycles. The Bertz CT molecular complexity index is 488. The molecule has 82 valence electrons. The largest absolute Gasteiger partial charge is 0.469 e. The molecule has 0 saturated carbocycles. The minimum absolute atomic E-state index is 0.126. The Labute approximate surface area is 98.8 Å². The maximum Gasteiger partial charge on any atom is 0.188 e. The third-order valence-corrected chi connectivity index (χ3v) is 2.90. The molecule has 16 heavy (non-hydrogen) atoms. The molecule has 1 heterocycles. The van der Waals surface area contributed by atoms with E-state index in [2.05, 4.69) is 0 Å². The first kappa shape index (κ1) is 11.0. The number of carbonyl (C=O) groups is 1. The number of hydrogen-bond acceptors (Lipinski definition) is 2. The summed E-state index contributed by atoms with van der Waals surface area (Å²) in [6.45, 7) is 1.75. The van der Waals surface area contributed by atoms with Gasteiger partial charge in [-0.1, -0.05) is 30.3 Å². The Morgan fingerprint density at radius 3 is 2.50 bits per heavy atom. The minimum atomic E-state index is -0.655. The van der Waals surface area contributed by atoms with E-state index < -0.39 is 5.38 Å². The highest BCUT2D eigenvalue weighted by Crippen LogP contribution is 2.26. The van der Waals surface area contributed by atoms with Crippen LogP contribution in [0.4, 0.5) is 0 Å². The van der Waals surface area contributed by atoms with Crippen molar-refractivity contribution < 1.29 is 9.21 Å². The van der Waals surface area contributed by atoms with Gasteiger partial charge in [0.15, 0.2) is 5.78 Å². The van der Waals surface area contributed by atoms with Crippen molar-refractivity contribution >= 4 is 17.4 Å². The van der Waals surface area contributed by atoms with Gasteiger partial charge in [-0.2, -0.15) is 0 Å². The second-order valence-electron chi connectivity index (χ2n) is 3.53. The third-order valence-electron chi connectivity index (χ3n) is 2.45. The van der Waals surface area contributed by atoms with Gasteiger partial charge in [-0.25, -0.2) is 0 Å². The van der Waals surface area contributed by atoms with E-state index in [1.165, 1.54) is 6.26 Å². The summed E-state index contributed by atoms with van der Waals surface area (Å²) < 4.78 is 5.09. The Hall–Kier alpha value is -1.54. The molecule has 0 aliphatic carbocycles. The fourth-order valence-electron chi connectivity index (χ4n) is 1.55. The molecule has 0 bridgehead atoms. The lowest BCUT2D eigenvalue weighted by molar-refractivity contribution is 0.0985. The molecule has 2 rings (SSSR count). The summed E-state index contributed by atoms with van der Waals surface area (Å²) in [7, 11) is 0. The topological polar surface area (TPSA) is 30.2 Å². The number of carbonyl (C=O) groups excluding carboxylic acids is 1. The van der Waals surface area contributed by atoms with Crippen molar-refractivity contribution in [3.05, 3.63) is 59.5 Å². The van der Waals surface area contributed by atoms with Crippen molar-refractivity contribution in [2.24, 2.45) is 0 Å². The van der Waals surface area contributed by atoms with Crippen LogP contribution in [0.25, 0.3) is 0 Å². The molecule has 0 aliphatic heterocycles. The minimum Gasteiger partial charge on any atom is -0.469 e. The zero-order valence-electron chi connectivity index (χ0n) is 8.81. The Kier molecular flexibility index (Phi) is 3.11. The molecule has 0 fully saturated rings. The van der Waals surface area contributed by atoms with Crippen molar-refractivity contribution in [3.8, 4) is 0 Å². The summed E-state index contributed by atoms with van der Waals surface area (Å²) in [5.74, 6) is 0.477. The average Bonchev–Trinajstić information content (AvgIpc) is 2.75. The zero-order chi connectivity index (χ0) is 11.5. The lowest BCUT2D eigenvalue weighted by Gasteiger charge is -2.07. The van der Waals surface area contributed by atoms with Gasteiger partial charge < -0.3 is 4.42 Å². The fraction of sp³-hybridized carbons (Fsp3) is 0.154. The number of furan rings is 1. The smallest absolute Gasteiger partial charge is 0.188 e. The van der Waals surface area contributed by atoms with E-state index in [1.807, 2.05) is 30.3 Å². The molecule has 1 aromatic carbocycles. The molecule has 0 N–H and O–H groups in total. The van der Waals surface area contributed by atoms with E-state index in [0.29, 0.717) is 11.3 Å². The number of ketones is 1. The maximum atomic E-state index is 12.0. The van der Waals surface area contributed by atoms with Crippen molar-refractivity contribution in [3.63, 3.8) is 0 Å². The summed E-state index contributed by atoms with van der Waals surface area (Å²) in [5, 5.41) is -0.655. The van der Waals surface area contributed by atoms with Crippen LogP contribution in [0.5, 0.6) is 0 Å². The summed E-state index contributed by atoms with van der Waals surface area (Å²) >= 11 is 6.13. The zero-order valence-corrected chi connectivity index (χ0v) is 9.57. The van der Waals surface area contributed by atoms with E-state index in [0.717, 1.165) is 5.56 Å². The van der Waals surface area contributed by atoms with E-state index in [4.69, 9.17) is 16.0 Å².